The second kappa shape index (κ2) is 5.67. The molecule has 3 rings (SSSR count). The maximum absolute atomic E-state index is 12.8. The Morgan fingerprint density at radius 2 is 2.09 bits per heavy atom. The number of aromatic amines is 1. The van der Waals surface area contributed by atoms with E-state index in [0.29, 0.717) is 10.9 Å². The summed E-state index contributed by atoms with van der Waals surface area (Å²) in [6, 6.07) is 5.32. The number of likely N-dealkylation sites (tertiary alicyclic amines) is 1. The summed E-state index contributed by atoms with van der Waals surface area (Å²) in [6.45, 7) is 3.36. The molecule has 1 aromatic heterocycles. The third kappa shape index (κ3) is 3.27. The van der Waals surface area contributed by atoms with Crippen molar-refractivity contribution < 1.29 is 13.6 Å². The topological polar surface area (TPSA) is 48.1 Å². The number of fused-ring (bicyclic) bond motifs is 1. The van der Waals surface area contributed by atoms with Crippen molar-refractivity contribution in [1.82, 2.24) is 15.2 Å². The number of urea groups is 1. The fraction of sp³-hybridized carbons (Fsp3) is 0.438. The van der Waals surface area contributed by atoms with Crippen LogP contribution in [0.4, 0.5) is 13.6 Å². The molecule has 0 unspecified atom stereocenters. The summed E-state index contributed by atoms with van der Waals surface area (Å²) >= 11 is 6.27. The third-order valence-electron chi connectivity index (χ3n) is 3.98. The van der Waals surface area contributed by atoms with E-state index < -0.39 is 25.0 Å². The smallest absolute Gasteiger partial charge is 0.318 e. The van der Waals surface area contributed by atoms with Gasteiger partial charge in [0.15, 0.2) is 0 Å². The lowest BCUT2D eigenvalue weighted by molar-refractivity contribution is -0.109. The number of H-pyrrole nitrogens is 1. The molecule has 2 heterocycles. The first-order chi connectivity index (χ1) is 10.7. The third-order valence-corrected chi connectivity index (χ3v) is 4.30. The van der Waals surface area contributed by atoms with Crippen LogP contribution in [0.5, 0.6) is 0 Å². The van der Waals surface area contributed by atoms with Gasteiger partial charge in [-0.2, -0.15) is 0 Å². The van der Waals surface area contributed by atoms with Crippen LogP contribution in [0.25, 0.3) is 10.9 Å². The maximum Gasteiger partial charge on any atom is 0.318 e. The van der Waals surface area contributed by atoms with E-state index in [1.807, 2.05) is 18.2 Å². The molecule has 1 aliphatic rings. The van der Waals surface area contributed by atoms with Gasteiger partial charge in [0, 0.05) is 21.6 Å². The van der Waals surface area contributed by atoms with E-state index in [0.717, 1.165) is 27.1 Å². The highest BCUT2D eigenvalue weighted by Gasteiger charge is 2.46. The van der Waals surface area contributed by atoms with E-state index >= 15 is 0 Å². The van der Waals surface area contributed by atoms with Gasteiger partial charge in [0.1, 0.15) is 0 Å². The van der Waals surface area contributed by atoms with Crippen molar-refractivity contribution in [2.45, 2.75) is 32.2 Å². The summed E-state index contributed by atoms with van der Waals surface area (Å²) in [5.74, 6) is -2.44. The molecule has 7 heteroatoms. The first-order valence-corrected chi connectivity index (χ1v) is 7.84. The normalized spacial score (nSPS) is 16.7. The molecule has 0 spiro atoms. The molecule has 1 aromatic carbocycles. The number of nitrogens with one attached hydrogen (secondary N) is 2. The van der Waals surface area contributed by atoms with Crippen molar-refractivity contribution in [2.24, 2.45) is 0 Å². The molecular weight excluding hydrogens is 324 g/mol. The van der Waals surface area contributed by atoms with Gasteiger partial charge in [-0.05, 0) is 29.7 Å². The van der Waals surface area contributed by atoms with Crippen LogP contribution >= 0.6 is 11.6 Å². The van der Waals surface area contributed by atoms with Crippen LogP contribution in [0.2, 0.25) is 5.02 Å². The zero-order valence-electron chi connectivity index (χ0n) is 12.9. The zero-order chi connectivity index (χ0) is 16.8. The zero-order valence-corrected chi connectivity index (χ0v) is 13.7. The van der Waals surface area contributed by atoms with Gasteiger partial charge in [-0.25, -0.2) is 13.6 Å². The number of carbonyl (C=O) groups excluding carboxylic acids is 1. The van der Waals surface area contributed by atoms with Gasteiger partial charge in [-0.3, -0.25) is 0 Å². The van der Waals surface area contributed by atoms with Gasteiger partial charge in [0.2, 0.25) is 0 Å². The summed E-state index contributed by atoms with van der Waals surface area (Å²) in [5.41, 5.74) is 2.80. The molecule has 0 atom stereocenters. The maximum atomic E-state index is 12.8. The lowest BCUT2D eigenvalue weighted by Gasteiger charge is -2.38. The molecule has 1 fully saturated rings. The van der Waals surface area contributed by atoms with Crippen molar-refractivity contribution in [3.8, 4) is 0 Å². The Balaban J connectivity index is 1.68. The second-order valence-electron chi connectivity index (χ2n) is 6.28. The lowest BCUT2D eigenvalue weighted by atomic mass is 10.0. The van der Waals surface area contributed by atoms with Crippen LogP contribution in [0.1, 0.15) is 31.0 Å². The molecule has 0 aliphatic carbocycles. The number of amides is 2. The summed E-state index contributed by atoms with van der Waals surface area (Å²) in [7, 11) is 0. The molecule has 4 nitrogen and oxygen atoms in total. The predicted molar refractivity (Wildman–Crippen MR) is 86.2 cm³/mol. The summed E-state index contributed by atoms with van der Waals surface area (Å²) < 4.78 is 25.5. The molecule has 0 bridgehead atoms. The van der Waals surface area contributed by atoms with E-state index in [1.165, 1.54) is 0 Å². The first kappa shape index (κ1) is 16.1. The highest BCUT2D eigenvalue weighted by molar-refractivity contribution is 6.32. The number of alkyl halides is 2. The molecule has 1 saturated heterocycles. The van der Waals surface area contributed by atoms with E-state index in [-0.39, 0.29) is 6.54 Å². The van der Waals surface area contributed by atoms with Crippen molar-refractivity contribution in [3.63, 3.8) is 0 Å². The van der Waals surface area contributed by atoms with E-state index in [1.54, 1.807) is 0 Å². The van der Waals surface area contributed by atoms with Gasteiger partial charge in [0.05, 0.1) is 19.6 Å². The molecular formula is C16H18ClF2N3O. The molecule has 2 N–H and O–H groups in total. The number of aromatic nitrogens is 1. The van der Waals surface area contributed by atoms with Crippen LogP contribution in [-0.2, 0) is 6.54 Å². The van der Waals surface area contributed by atoms with Gasteiger partial charge in [-0.15, -0.1) is 0 Å². The second-order valence-corrected chi connectivity index (χ2v) is 6.69. The van der Waals surface area contributed by atoms with Crippen LogP contribution in [-0.4, -0.2) is 34.9 Å². The Bertz CT molecular complexity index is 749. The minimum Gasteiger partial charge on any atom is -0.357 e. The van der Waals surface area contributed by atoms with Crippen molar-refractivity contribution >= 4 is 28.5 Å². The highest BCUT2D eigenvalue weighted by Crippen LogP contribution is 2.30. The Kier molecular flexibility index (Phi) is 3.96. The molecule has 23 heavy (non-hydrogen) atoms. The number of carbonyl (C=O) groups is 1. The Morgan fingerprint density at radius 1 is 1.39 bits per heavy atom. The van der Waals surface area contributed by atoms with Crippen molar-refractivity contribution in [3.05, 3.63) is 34.5 Å². The standard InChI is InChI=1S/C16H18ClF2N3O/c1-9(2)12-5-14-10(4-13(12)17)3-11(21-14)6-20-15(23)22-7-16(18,19)8-22/h3-5,9,21H,6-8H2,1-2H3,(H,20,23). The fourth-order valence-electron chi connectivity index (χ4n) is 2.71. The van der Waals surface area contributed by atoms with Crippen molar-refractivity contribution in [1.29, 1.82) is 0 Å². The number of halogens is 3. The highest BCUT2D eigenvalue weighted by atomic mass is 35.5. The molecule has 2 amide bonds. The quantitative estimate of drug-likeness (QED) is 0.867. The SMILES string of the molecule is CC(C)c1cc2[nH]c(CNC(=O)N3CC(F)(F)C3)cc2cc1Cl. The van der Waals surface area contributed by atoms with Gasteiger partial charge in [0.25, 0.3) is 5.92 Å². The Hall–Kier alpha value is -1.82. The average Bonchev–Trinajstić information content (AvgIpc) is 2.82. The fourth-order valence-corrected chi connectivity index (χ4v) is 3.10. The summed E-state index contributed by atoms with van der Waals surface area (Å²) in [5, 5.41) is 4.31. The van der Waals surface area contributed by atoms with E-state index in [2.05, 4.69) is 24.1 Å². The minimum absolute atomic E-state index is 0.254. The first-order valence-electron chi connectivity index (χ1n) is 7.47. The van der Waals surface area contributed by atoms with Crippen LogP contribution in [0.3, 0.4) is 0 Å². The average molecular weight is 342 g/mol. The Morgan fingerprint density at radius 3 is 2.70 bits per heavy atom. The van der Waals surface area contributed by atoms with Crippen LogP contribution in [0, 0.1) is 0 Å². The molecule has 0 saturated carbocycles. The number of hydrogen-bond donors (Lipinski definition) is 2. The Labute approximate surface area is 137 Å². The molecule has 2 aromatic rings. The van der Waals surface area contributed by atoms with E-state index in [4.69, 9.17) is 11.6 Å². The summed E-state index contributed by atoms with van der Waals surface area (Å²) in [4.78, 5) is 16.1. The van der Waals surface area contributed by atoms with Gasteiger partial charge >= 0.3 is 6.03 Å². The minimum atomic E-state index is -2.75. The van der Waals surface area contributed by atoms with Gasteiger partial charge < -0.3 is 15.2 Å². The van der Waals surface area contributed by atoms with Crippen molar-refractivity contribution in [2.75, 3.05) is 13.1 Å². The number of hydrogen-bond acceptors (Lipinski definition) is 1. The monoisotopic (exact) mass is 341 g/mol. The molecule has 0 radical (unpaired) electrons. The van der Waals surface area contributed by atoms with Crippen LogP contribution in [0.15, 0.2) is 18.2 Å². The van der Waals surface area contributed by atoms with E-state index in [9.17, 15) is 13.6 Å². The predicted octanol–water partition coefficient (Wildman–Crippen LogP) is 4.11. The number of benzene rings is 1. The molecule has 1 aliphatic heterocycles. The van der Waals surface area contributed by atoms with Gasteiger partial charge in [-0.1, -0.05) is 25.4 Å². The van der Waals surface area contributed by atoms with Crippen LogP contribution < -0.4 is 5.32 Å². The number of rotatable bonds is 3. The molecule has 124 valence electrons. The lowest BCUT2D eigenvalue weighted by Crippen LogP contribution is -2.60. The largest absolute Gasteiger partial charge is 0.357 e. The number of nitrogens with zero attached hydrogens (tertiary/aromatic N) is 1. The summed E-state index contributed by atoms with van der Waals surface area (Å²) in [6.07, 6.45) is 0.